The van der Waals surface area contributed by atoms with Gasteiger partial charge in [0.15, 0.2) is 5.16 Å². The van der Waals surface area contributed by atoms with E-state index in [1.54, 1.807) is 19.1 Å². The summed E-state index contributed by atoms with van der Waals surface area (Å²) >= 11 is 1.23. The van der Waals surface area contributed by atoms with E-state index in [0.717, 1.165) is 35.7 Å². The molecule has 1 N–H and O–H groups in total. The molecule has 0 spiro atoms. The Morgan fingerprint density at radius 1 is 1.05 bits per heavy atom. The van der Waals surface area contributed by atoms with Gasteiger partial charge >= 0.3 is 0 Å². The van der Waals surface area contributed by atoms with Crippen molar-refractivity contribution in [3.05, 3.63) is 77.4 Å². The minimum absolute atomic E-state index is 0.0654. The molecule has 0 radical (unpaired) electrons. The Hall–Kier alpha value is -3.50. The number of hydrogen-bond donors (Lipinski definition) is 1. The molecule has 8 nitrogen and oxygen atoms in total. The standard InChI is InChI=1S/C28H32FN5O3S/c1-19-16-20(2)31-28(30-19)38-18-26(35)34(17-22-4-6-23(29)7-5-22)21(3)27(36)32-24-8-10-25(11-9-24)33-12-14-37-15-13-33/h4-11,16,21H,12-15,17-18H2,1-3H3,(H,32,36). The van der Waals surface area contributed by atoms with Crippen LogP contribution in [0, 0.1) is 19.7 Å². The number of halogens is 1. The van der Waals surface area contributed by atoms with Crippen molar-refractivity contribution in [3.63, 3.8) is 0 Å². The molecule has 1 saturated heterocycles. The van der Waals surface area contributed by atoms with Gasteiger partial charge in [0, 0.05) is 42.4 Å². The second-order valence-corrected chi connectivity index (χ2v) is 10.1. The maximum absolute atomic E-state index is 13.5. The van der Waals surface area contributed by atoms with Crippen molar-refractivity contribution in [1.29, 1.82) is 0 Å². The van der Waals surface area contributed by atoms with Gasteiger partial charge in [0.05, 0.1) is 19.0 Å². The molecule has 2 amide bonds. The molecule has 3 aromatic rings. The summed E-state index contributed by atoms with van der Waals surface area (Å²) in [6.45, 7) is 8.66. The minimum atomic E-state index is -0.771. The van der Waals surface area contributed by atoms with Crippen LogP contribution >= 0.6 is 11.8 Å². The summed E-state index contributed by atoms with van der Waals surface area (Å²) in [5.74, 6) is -0.851. The number of carbonyl (C=O) groups excluding carboxylic acids is 2. The van der Waals surface area contributed by atoms with Crippen molar-refractivity contribution in [2.24, 2.45) is 0 Å². The smallest absolute Gasteiger partial charge is 0.246 e. The molecule has 0 aliphatic carbocycles. The van der Waals surface area contributed by atoms with Crippen LogP contribution in [0.2, 0.25) is 0 Å². The number of nitrogens with zero attached hydrogens (tertiary/aromatic N) is 4. The van der Waals surface area contributed by atoms with Crippen molar-refractivity contribution >= 4 is 35.0 Å². The molecule has 10 heteroatoms. The van der Waals surface area contributed by atoms with Gasteiger partial charge in [-0.15, -0.1) is 0 Å². The molecule has 1 fully saturated rings. The van der Waals surface area contributed by atoms with Gasteiger partial charge in [-0.25, -0.2) is 14.4 Å². The summed E-state index contributed by atoms with van der Waals surface area (Å²) in [5, 5.41) is 3.43. The second-order valence-electron chi connectivity index (χ2n) is 9.18. The van der Waals surface area contributed by atoms with Gasteiger partial charge in [-0.2, -0.15) is 0 Å². The Kier molecular flexibility index (Phi) is 9.30. The Balaban J connectivity index is 1.45. The zero-order chi connectivity index (χ0) is 27.1. The van der Waals surface area contributed by atoms with E-state index >= 15 is 0 Å². The summed E-state index contributed by atoms with van der Waals surface area (Å²) in [6.07, 6.45) is 0. The van der Waals surface area contributed by atoms with E-state index in [0.29, 0.717) is 24.1 Å². The van der Waals surface area contributed by atoms with Crippen LogP contribution in [-0.2, 0) is 20.9 Å². The number of anilines is 2. The molecular weight excluding hydrogens is 505 g/mol. The van der Waals surface area contributed by atoms with Gasteiger partial charge < -0.3 is 19.9 Å². The van der Waals surface area contributed by atoms with Crippen molar-refractivity contribution in [1.82, 2.24) is 14.9 Å². The average Bonchev–Trinajstić information content (AvgIpc) is 2.91. The molecule has 2 aromatic carbocycles. The normalized spacial score (nSPS) is 14.2. The maximum Gasteiger partial charge on any atom is 0.246 e. The molecule has 38 heavy (non-hydrogen) atoms. The topological polar surface area (TPSA) is 87.7 Å². The quantitative estimate of drug-likeness (QED) is 0.323. The highest BCUT2D eigenvalue weighted by Gasteiger charge is 2.27. The summed E-state index contributed by atoms with van der Waals surface area (Å²) in [4.78, 5) is 39.1. The summed E-state index contributed by atoms with van der Waals surface area (Å²) in [7, 11) is 0. The van der Waals surface area contributed by atoms with Crippen LogP contribution in [0.3, 0.4) is 0 Å². The van der Waals surface area contributed by atoms with E-state index in [4.69, 9.17) is 4.74 Å². The molecule has 1 aliphatic heterocycles. The van der Waals surface area contributed by atoms with Gasteiger partial charge in [0.25, 0.3) is 0 Å². The van der Waals surface area contributed by atoms with E-state index in [-0.39, 0.29) is 29.9 Å². The van der Waals surface area contributed by atoms with Crippen molar-refractivity contribution in [3.8, 4) is 0 Å². The Labute approximate surface area is 226 Å². The van der Waals surface area contributed by atoms with Crippen molar-refractivity contribution in [2.75, 3.05) is 42.3 Å². The fourth-order valence-electron chi connectivity index (χ4n) is 4.16. The highest BCUT2D eigenvalue weighted by atomic mass is 32.2. The van der Waals surface area contributed by atoms with Crippen molar-refractivity contribution in [2.45, 2.75) is 38.5 Å². The molecule has 1 atom stereocenters. The van der Waals surface area contributed by atoms with Crippen LogP contribution in [0.1, 0.15) is 23.9 Å². The third kappa shape index (κ3) is 7.52. The van der Waals surface area contributed by atoms with E-state index in [1.165, 1.54) is 28.8 Å². The fraction of sp³-hybridized carbons (Fsp3) is 0.357. The summed E-state index contributed by atoms with van der Waals surface area (Å²) in [5.41, 5.74) is 4.08. The Morgan fingerprint density at radius 3 is 2.32 bits per heavy atom. The number of aromatic nitrogens is 2. The SMILES string of the molecule is Cc1cc(C)nc(SCC(=O)N(Cc2ccc(F)cc2)C(C)C(=O)Nc2ccc(N3CCOCC3)cc2)n1. The lowest BCUT2D eigenvalue weighted by Gasteiger charge is -2.29. The van der Waals surface area contributed by atoms with Gasteiger partial charge in [0.1, 0.15) is 11.9 Å². The number of rotatable bonds is 9. The van der Waals surface area contributed by atoms with Gasteiger partial charge in [-0.3, -0.25) is 9.59 Å². The lowest BCUT2D eigenvalue weighted by molar-refractivity contribution is -0.136. The number of carbonyl (C=O) groups is 2. The van der Waals surface area contributed by atoms with Gasteiger partial charge in [0.2, 0.25) is 11.8 Å². The molecule has 0 saturated carbocycles. The zero-order valence-electron chi connectivity index (χ0n) is 21.8. The largest absolute Gasteiger partial charge is 0.378 e. The second kappa shape index (κ2) is 12.8. The van der Waals surface area contributed by atoms with E-state index in [1.807, 2.05) is 44.2 Å². The van der Waals surface area contributed by atoms with Gasteiger partial charge in [-0.05, 0) is 68.8 Å². The van der Waals surface area contributed by atoms with Crippen LogP contribution in [0.15, 0.2) is 59.8 Å². The minimum Gasteiger partial charge on any atom is -0.378 e. The highest BCUT2D eigenvalue weighted by Crippen LogP contribution is 2.21. The number of hydrogen-bond acceptors (Lipinski definition) is 7. The Bertz CT molecular complexity index is 1230. The predicted molar refractivity (Wildman–Crippen MR) is 147 cm³/mol. The molecule has 1 aliphatic rings. The monoisotopic (exact) mass is 537 g/mol. The third-order valence-corrected chi connectivity index (χ3v) is 7.06. The molecule has 0 bridgehead atoms. The Morgan fingerprint density at radius 2 is 1.68 bits per heavy atom. The lowest BCUT2D eigenvalue weighted by Crippen LogP contribution is -2.46. The third-order valence-electron chi connectivity index (χ3n) is 6.23. The molecule has 4 rings (SSSR count). The van der Waals surface area contributed by atoms with Crippen LogP contribution in [0.4, 0.5) is 15.8 Å². The number of benzene rings is 2. The molecule has 1 aromatic heterocycles. The first-order valence-corrected chi connectivity index (χ1v) is 13.5. The molecule has 200 valence electrons. The number of nitrogens with one attached hydrogen (secondary N) is 1. The lowest BCUT2D eigenvalue weighted by atomic mass is 10.1. The van der Waals surface area contributed by atoms with E-state index in [9.17, 15) is 14.0 Å². The number of thioether (sulfide) groups is 1. The first-order valence-electron chi connectivity index (χ1n) is 12.5. The molecule has 1 unspecified atom stereocenters. The number of morpholine rings is 1. The van der Waals surface area contributed by atoms with Crippen molar-refractivity contribution < 1.29 is 18.7 Å². The predicted octanol–water partition coefficient (Wildman–Crippen LogP) is 4.22. The van der Waals surface area contributed by atoms with Gasteiger partial charge in [-0.1, -0.05) is 23.9 Å². The van der Waals surface area contributed by atoms with Crippen LogP contribution < -0.4 is 10.2 Å². The first kappa shape index (κ1) is 27.5. The van der Waals surface area contributed by atoms with E-state index in [2.05, 4.69) is 20.2 Å². The summed E-state index contributed by atoms with van der Waals surface area (Å²) < 4.78 is 18.9. The molecule has 2 heterocycles. The maximum atomic E-state index is 13.5. The van der Waals surface area contributed by atoms with Crippen LogP contribution in [0.5, 0.6) is 0 Å². The number of ether oxygens (including phenoxy) is 1. The fourth-order valence-corrected chi connectivity index (χ4v) is 5.00. The zero-order valence-corrected chi connectivity index (χ0v) is 22.6. The number of amides is 2. The average molecular weight is 538 g/mol. The molecular formula is C28H32FN5O3S. The summed E-state index contributed by atoms with van der Waals surface area (Å²) in [6, 6.07) is 14.7. The first-order chi connectivity index (χ1) is 18.3. The van der Waals surface area contributed by atoms with Crippen LogP contribution in [-0.4, -0.2) is 64.8 Å². The highest BCUT2D eigenvalue weighted by molar-refractivity contribution is 7.99. The van der Waals surface area contributed by atoms with Crippen LogP contribution in [0.25, 0.3) is 0 Å². The number of aryl methyl sites for hydroxylation is 2. The van der Waals surface area contributed by atoms with E-state index < -0.39 is 6.04 Å².